The number of carbonyl (C=O) groups is 2. The Hall–Kier alpha value is -3.55. The molecule has 4 heterocycles. The Bertz CT molecular complexity index is 1110. The number of aromatic nitrogens is 3. The molecule has 0 spiro atoms. The highest BCUT2D eigenvalue weighted by molar-refractivity contribution is 5.99. The fraction of sp³-hybridized carbons (Fsp3) is 0.348. The molecule has 5 rings (SSSR count). The SMILES string of the molecule is Cn1ncc(C(=O)N2CCC(C(=O)c3ccc4c(c3)OCCO4)CC2)c1-n1cccc1. The van der Waals surface area contributed by atoms with Crippen LogP contribution in [0, 0.1) is 5.92 Å². The third-order valence-corrected chi connectivity index (χ3v) is 5.97. The van der Waals surface area contributed by atoms with Gasteiger partial charge in [-0.1, -0.05) is 0 Å². The Morgan fingerprint density at radius 2 is 1.74 bits per heavy atom. The molecule has 0 bridgehead atoms. The number of fused-ring (bicyclic) bond motifs is 1. The Morgan fingerprint density at radius 3 is 2.48 bits per heavy atom. The van der Waals surface area contributed by atoms with Gasteiger partial charge in [-0.25, -0.2) is 0 Å². The number of hydrogen-bond donors (Lipinski definition) is 0. The van der Waals surface area contributed by atoms with Gasteiger partial charge in [0, 0.05) is 44.0 Å². The largest absolute Gasteiger partial charge is 0.486 e. The summed E-state index contributed by atoms with van der Waals surface area (Å²) in [6.45, 7) is 2.10. The summed E-state index contributed by atoms with van der Waals surface area (Å²) in [5.74, 6) is 1.98. The number of piperidine rings is 1. The molecule has 8 heteroatoms. The molecular formula is C23H24N4O4. The number of hydrogen-bond acceptors (Lipinski definition) is 5. The van der Waals surface area contributed by atoms with E-state index in [1.165, 1.54) is 0 Å². The van der Waals surface area contributed by atoms with Crippen LogP contribution < -0.4 is 9.47 Å². The number of ether oxygens (including phenoxy) is 2. The van der Waals surface area contributed by atoms with E-state index < -0.39 is 0 Å². The van der Waals surface area contributed by atoms with Gasteiger partial charge in [0.15, 0.2) is 17.3 Å². The van der Waals surface area contributed by atoms with E-state index in [-0.39, 0.29) is 17.6 Å². The highest BCUT2D eigenvalue weighted by Crippen LogP contribution is 2.33. The molecule has 1 amide bonds. The van der Waals surface area contributed by atoms with Gasteiger partial charge in [-0.2, -0.15) is 5.10 Å². The molecule has 3 aromatic rings. The number of rotatable bonds is 4. The van der Waals surface area contributed by atoms with Crippen molar-refractivity contribution in [3.63, 3.8) is 0 Å². The Kier molecular flexibility index (Phi) is 4.97. The Labute approximate surface area is 180 Å². The predicted octanol–water partition coefficient (Wildman–Crippen LogP) is 2.72. The van der Waals surface area contributed by atoms with E-state index in [2.05, 4.69) is 5.10 Å². The summed E-state index contributed by atoms with van der Waals surface area (Å²) >= 11 is 0. The van der Waals surface area contributed by atoms with Crippen LogP contribution in [0.5, 0.6) is 11.5 Å². The minimum atomic E-state index is -0.107. The second-order valence-electron chi connectivity index (χ2n) is 7.88. The highest BCUT2D eigenvalue weighted by Gasteiger charge is 2.31. The molecule has 0 aliphatic carbocycles. The molecule has 0 saturated carbocycles. The topological polar surface area (TPSA) is 78.6 Å². The fourth-order valence-corrected chi connectivity index (χ4v) is 4.31. The smallest absolute Gasteiger partial charge is 0.259 e. The average molecular weight is 420 g/mol. The van der Waals surface area contributed by atoms with Gasteiger partial charge in [0.1, 0.15) is 24.6 Å². The number of ketones is 1. The monoisotopic (exact) mass is 420 g/mol. The quantitative estimate of drug-likeness (QED) is 0.607. The lowest BCUT2D eigenvalue weighted by Gasteiger charge is -2.31. The number of Topliss-reactive ketones (excluding diaryl/α,β-unsaturated/α-hetero) is 1. The van der Waals surface area contributed by atoms with Crippen LogP contribution in [0.1, 0.15) is 33.6 Å². The first-order chi connectivity index (χ1) is 15.1. The van der Waals surface area contributed by atoms with Gasteiger partial charge in [0.2, 0.25) is 0 Å². The predicted molar refractivity (Wildman–Crippen MR) is 113 cm³/mol. The number of nitrogens with zero attached hydrogens (tertiary/aromatic N) is 4. The third kappa shape index (κ3) is 3.58. The first-order valence-corrected chi connectivity index (χ1v) is 10.5. The van der Waals surface area contributed by atoms with Gasteiger partial charge in [-0.15, -0.1) is 0 Å². The van der Waals surface area contributed by atoms with Crippen LogP contribution in [0.3, 0.4) is 0 Å². The van der Waals surface area contributed by atoms with Crippen molar-refractivity contribution >= 4 is 11.7 Å². The maximum atomic E-state index is 13.2. The van der Waals surface area contributed by atoms with E-state index >= 15 is 0 Å². The van der Waals surface area contributed by atoms with Gasteiger partial charge in [0.05, 0.1) is 6.20 Å². The molecule has 160 valence electrons. The van der Waals surface area contributed by atoms with Crippen LogP contribution in [0.25, 0.3) is 5.82 Å². The third-order valence-electron chi connectivity index (χ3n) is 5.97. The molecule has 2 aliphatic rings. The van der Waals surface area contributed by atoms with Crippen LogP contribution in [-0.2, 0) is 7.05 Å². The van der Waals surface area contributed by atoms with Crippen LogP contribution >= 0.6 is 0 Å². The van der Waals surface area contributed by atoms with E-state index in [1.807, 2.05) is 41.0 Å². The molecule has 0 unspecified atom stereocenters. The van der Waals surface area contributed by atoms with Crippen molar-refractivity contribution in [2.45, 2.75) is 12.8 Å². The van der Waals surface area contributed by atoms with Gasteiger partial charge in [-0.3, -0.25) is 14.3 Å². The number of benzene rings is 1. The molecule has 2 aliphatic heterocycles. The lowest BCUT2D eigenvalue weighted by molar-refractivity contribution is 0.0650. The normalized spacial score (nSPS) is 16.4. The first kappa shape index (κ1) is 19.4. The molecule has 1 fully saturated rings. The second-order valence-corrected chi connectivity index (χ2v) is 7.88. The summed E-state index contributed by atoms with van der Waals surface area (Å²) < 4.78 is 14.7. The van der Waals surface area contributed by atoms with Crippen molar-refractivity contribution in [2.24, 2.45) is 13.0 Å². The van der Waals surface area contributed by atoms with Crippen molar-refractivity contribution in [3.8, 4) is 17.3 Å². The van der Waals surface area contributed by atoms with E-state index in [0.29, 0.717) is 61.8 Å². The van der Waals surface area contributed by atoms with E-state index in [1.54, 1.807) is 29.1 Å². The summed E-state index contributed by atoms with van der Waals surface area (Å²) in [6.07, 6.45) is 6.68. The molecule has 2 aromatic heterocycles. The summed E-state index contributed by atoms with van der Waals surface area (Å²) in [4.78, 5) is 28.0. The summed E-state index contributed by atoms with van der Waals surface area (Å²) in [7, 11) is 1.82. The van der Waals surface area contributed by atoms with Crippen molar-refractivity contribution in [3.05, 3.63) is 60.0 Å². The van der Waals surface area contributed by atoms with Crippen LogP contribution in [0.4, 0.5) is 0 Å². The molecule has 1 aromatic carbocycles. The van der Waals surface area contributed by atoms with Crippen molar-refractivity contribution in [1.29, 1.82) is 0 Å². The molecule has 31 heavy (non-hydrogen) atoms. The van der Waals surface area contributed by atoms with Crippen LogP contribution in [0.15, 0.2) is 48.9 Å². The summed E-state index contributed by atoms with van der Waals surface area (Å²) in [5, 5.41) is 4.28. The average Bonchev–Trinajstić information content (AvgIpc) is 3.47. The molecule has 8 nitrogen and oxygen atoms in total. The maximum Gasteiger partial charge on any atom is 0.259 e. The Balaban J connectivity index is 1.27. The first-order valence-electron chi connectivity index (χ1n) is 10.5. The van der Waals surface area contributed by atoms with E-state index in [0.717, 1.165) is 5.82 Å². The minimum Gasteiger partial charge on any atom is -0.486 e. The summed E-state index contributed by atoms with van der Waals surface area (Å²) in [6, 6.07) is 9.19. The number of amides is 1. The zero-order valence-electron chi connectivity index (χ0n) is 17.4. The highest BCUT2D eigenvalue weighted by atomic mass is 16.6. The van der Waals surface area contributed by atoms with Crippen molar-refractivity contribution < 1.29 is 19.1 Å². The van der Waals surface area contributed by atoms with E-state index in [4.69, 9.17) is 9.47 Å². The fourth-order valence-electron chi connectivity index (χ4n) is 4.31. The number of aryl methyl sites for hydroxylation is 1. The molecular weight excluding hydrogens is 396 g/mol. The van der Waals surface area contributed by atoms with E-state index in [9.17, 15) is 9.59 Å². The summed E-state index contributed by atoms with van der Waals surface area (Å²) in [5.41, 5.74) is 1.20. The maximum absolute atomic E-state index is 13.2. The minimum absolute atomic E-state index is 0.0537. The lowest BCUT2D eigenvalue weighted by atomic mass is 9.88. The van der Waals surface area contributed by atoms with Gasteiger partial charge in [0.25, 0.3) is 5.91 Å². The zero-order valence-corrected chi connectivity index (χ0v) is 17.4. The number of likely N-dealkylation sites (tertiary alicyclic amines) is 1. The lowest BCUT2D eigenvalue weighted by Crippen LogP contribution is -2.40. The van der Waals surface area contributed by atoms with Gasteiger partial charge >= 0.3 is 0 Å². The molecule has 1 saturated heterocycles. The van der Waals surface area contributed by atoms with Crippen molar-refractivity contribution in [1.82, 2.24) is 19.2 Å². The van der Waals surface area contributed by atoms with Crippen LogP contribution in [0.2, 0.25) is 0 Å². The van der Waals surface area contributed by atoms with Crippen LogP contribution in [-0.4, -0.2) is 57.2 Å². The Morgan fingerprint density at radius 1 is 1.03 bits per heavy atom. The van der Waals surface area contributed by atoms with Gasteiger partial charge in [-0.05, 0) is 43.2 Å². The standard InChI is InChI=1S/C23H24N4O4/c1-25-22(26-8-2-3-9-26)18(15-24-25)23(29)27-10-6-16(7-11-27)21(28)17-4-5-19-20(14-17)31-13-12-30-19/h2-5,8-9,14-16H,6-7,10-13H2,1H3. The zero-order chi connectivity index (χ0) is 21.4. The number of carbonyl (C=O) groups excluding carboxylic acids is 2. The van der Waals surface area contributed by atoms with Crippen molar-refractivity contribution in [2.75, 3.05) is 26.3 Å². The molecule has 0 radical (unpaired) electrons. The molecule has 0 atom stereocenters. The molecule has 0 N–H and O–H groups in total. The second kappa shape index (κ2) is 7.94. The van der Waals surface area contributed by atoms with Gasteiger partial charge < -0.3 is 18.9 Å².